The number of benzene rings is 1. The third-order valence-corrected chi connectivity index (χ3v) is 6.69. The van der Waals surface area contributed by atoms with Crippen molar-refractivity contribution < 1.29 is 19.1 Å². The van der Waals surface area contributed by atoms with Gasteiger partial charge in [0.15, 0.2) is 5.17 Å². The lowest BCUT2D eigenvalue weighted by Crippen LogP contribution is -2.38. The standard InChI is InChI=1S/C26H28N4O4S/c1-17-6-4-5-7-21(17)24-23(25(32)34-13-12-33-3)18(2)29-26-30(24)20(16-35-26)14-22(31)28-15-19-8-10-27-11-9-19/h4-11,16,24H,12-15H2,1-3H3,(H,28,31). The molecule has 0 radical (unpaired) electrons. The SMILES string of the molecule is COCCOC(=O)C1=C(C)N=C2SC=C(CC(=O)NCc3ccncc3)N2C1c1ccccc1C. The third-order valence-electron chi connectivity index (χ3n) is 5.80. The number of fused-ring (bicyclic) bond motifs is 1. The number of aryl methyl sites for hydroxylation is 1. The number of aliphatic imine (C=N–C) groups is 1. The molecule has 35 heavy (non-hydrogen) atoms. The van der Waals surface area contributed by atoms with E-state index >= 15 is 0 Å². The van der Waals surface area contributed by atoms with E-state index in [-0.39, 0.29) is 18.9 Å². The Morgan fingerprint density at radius 2 is 1.89 bits per heavy atom. The summed E-state index contributed by atoms with van der Waals surface area (Å²) in [7, 11) is 1.56. The van der Waals surface area contributed by atoms with E-state index in [2.05, 4.69) is 10.3 Å². The first-order valence-electron chi connectivity index (χ1n) is 11.3. The topological polar surface area (TPSA) is 93.1 Å². The molecule has 0 aliphatic carbocycles. The Hall–Kier alpha value is -3.43. The second-order valence-corrected chi connectivity index (χ2v) is 9.02. The summed E-state index contributed by atoms with van der Waals surface area (Å²) in [6, 6.07) is 11.2. The number of hydrogen-bond donors (Lipinski definition) is 1. The zero-order valence-electron chi connectivity index (χ0n) is 20.0. The van der Waals surface area contributed by atoms with Gasteiger partial charge in [0.05, 0.1) is 30.3 Å². The zero-order chi connectivity index (χ0) is 24.8. The molecule has 0 spiro atoms. The van der Waals surface area contributed by atoms with Gasteiger partial charge in [-0.3, -0.25) is 9.78 Å². The van der Waals surface area contributed by atoms with Crippen LogP contribution in [0.2, 0.25) is 0 Å². The predicted octanol–water partition coefficient (Wildman–Crippen LogP) is 3.86. The first-order chi connectivity index (χ1) is 17.0. The minimum absolute atomic E-state index is 0.117. The molecule has 4 rings (SSSR count). The van der Waals surface area contributed by atoms with Gasteiger partial charge < -0.3 is 19.7 Å². The molecule has 2 aromatic rings. The molecular weight excluding hydrogens is 464 g/mol. The number of rotatable bonds is 9. The minimum Gasteiger partial charge on any atom is -0.460 e. The van der Waals surface area contributed by atoms with Crippen LogP contribution in [0.3, 0.4) is 0 Å². The summed E-state index contributed by atoms with van der Waals surface area (Å²) in [5.74, 6) is -0.553. The van der Waals surface area contributed by atoms with Gasteiger partial charge in [0.25, 0.3) is 0 Å². The molecule has 1 amide bonds. The van der Waals surface area contributed by atoms with Crippen LogP contribution in [0.4, 0.5) is 0 Å². The van der Waals surface area contributed by atoms with Crippen molar-refractivity contribution in [3.05, 3.63) is 87.9 Å². The number of allylic oxidation sites excluding steroid dienone is 1. The fourth-order valence-corrected chi connectivity index (χ4v) is 5.01. The number of nitrogens with one attached hydrogen (secondary N) is 1. The Kier molecular flexibility index (Phi) is 7.99. The lowest BCUT2D eigenvalue weighted by molar-refractivity contribution is -0.141. The van der Waals surface area contributed by atoms with Gasteiger partial charge in [-0.1, -0.05) is 36.0 Å². The molecule has 1 aromatic heterocycles. The molecular formula is C26H28N4O4S. The van der Waals surface area contributed by atoms with Gasteiger partial charge in [-0.2, -0.15) is 0 Å². The quantitative estimate of drug-likeness (QED) is 0.420. The highest BCUT2D eigenvalue weighted by Crippen LogP contribution is 2.45. The lowest BCUT2D eigenvalue weighted by Gasteiger charge is -2.37. The molecule has 8 nitrogen and oxygen atoms in total. The number of hydrogen-bond acceptors (Lipinski definition) is 8. The van der Waals surface area contributed by atoms with E-state index in [0.717, 1.165) is 27.6 Å². The van der Waals surface area contributed by atoms with Crippen LogP contribution >= 0.6 is 11.8 Å². The second kappa shape index (κ2) is 11.3. The van der Waals surface area contributed by atoms with Crippen LogP contribution in [0.15, 0.2) is 76.2 Å². The van der Waals surface area contributed by atoms with Gasteiger partial charge in [0.2, 0.25) is 5.91 Å². The summed E-state index contributed by atoms with van der Waals surface area (Å²) >= 11 is 1.45. The highest BCUT2D eigenvalue weighted by atomic mass is 32.2. The van der Waals surface area contributed by atoms with Crippen LogP contribution in [0.5, 0.6) is 0 Å². The van der Waals surface area contributed by atoms with Crippen LogP contribution in [0.25, 0.3) is 0 Å². The number of amides is 1. The number of nitrogens with zero attached hydrogens (tertiary/aromatic N) is 3. The van der Waals surface area contributed by atoms with E-state index in [4.69, 9.17) is 14.5 Å². The monoisotopic (exact) mass is 492 g/mol. The molecule has 2 aliphatic rings. The number of amidine groups is 1. The largest absolute Gasteiger partial charge is 0.460 e. The maximum atomic E-state index is 13.2. The maximum Gasteiger partial charge on any atom is 0.338 e. The van der Waals surface area contributed by atoms with Crippen molar-refractivity contribution in [2.24, 2.45) is 4.99 Å². The number of pyridine rings is 1. The first-order valence-corrected chi connectivity index (χ1v) is 12.2. The van der Waals surface area contributed by atoms with Gasteiger partial charge in [-0.15, -0.1) is 0 Å². The highest BCUT2D eigenvalue weighted by molar-refractivity contribution is 8.16. The molecule has 2 aliphatic heterocycles. The van der Waals surface area contributed by atoms with Gasteiger partial charge in [0, 0.05) is 31.7 Å². The number of aromatic nitrogens is 1. The van der Waals surface area contributed by atoms with Crippen molar-refractivity contribution in [1.29, 1.82) is 0 Å². The summed E-state index contributed by atoms with van der Waals surface area (Å²) in [5, 5.41) is 5.63. The molecule has 182 valence electrons. The number of esters is 1. The highest BCUT2D eigenvalue weighted by Gasteiger charge is 2.41. The normalized spacial score (nSPS) is 17.0. The van der Waals surface area contributed by atoms with Crippen LogP contribution in [-0.4, -0.2) is 47.3 Å². The molecule has 1 N–H and O–H groups in total. The summed E-state index contributed by atoms with van der Waals surface area (Å²) in [5.41, 5.74) is 4.82. The minimum atomic E-state index is -0.451. The molecule has 1 atom stereocenters. The number of carbonyl (C=O) groups is 2. The van der Waals surface area contributed by atoms with Crippen molar-refractivity contribution >= 4 is 28.8 Å². The number of thioether (sulfide) groups is 1. The predicted molar refractivity (Wildman–Crippen MR) is 135 cm³/mol. The summed E-state index contributed by atoms with van der Waals surface area (Å²) in [6.07, 6.45) is 3.55. The number of carbonyl (C=O) groups excluding carboxylic acids is 2. The summed E-state index contributed by atoms with van der Waals surface area (Å²) in [6.45, 7) is 4.71. The molecule has 0 saturated carbocycles. The molecule has 3 heterocycles. The van der Waals surface area contributed by atoms with E-state index in [1.54, 1.807) is 19.5 Å². The van der Waals surface area contributed by atoms with E-state index in [1.807, 2.05) is 60.6 Å². The third kappa shape index (κ3) is 5.63. The van der Waals surface area contributed by atoms with E-state index in [1.165, 1.54) is 11.8 Å². The Labute approximate surface area is 209 Å². The first kappa shape index (κ1) is 24.7. The van der Waals surface area contributed by atoms with Crippen LogP contribution in [0.1, 0.15) is 36.1 Å². The van der Waals surface area contributed by atoms with Crippen molar-refractivity contribution in [3.8, 4) is 0 Å². The van der Waals surface area contributed by atoms with Gasteiger partial charge in [-0.25, -0.2) is 9.79 Å². The van der Waals surface area contributed by atoms with Gasteiger partial charge in [-0.05, 0) is 48.1 Å². The van der Waals surface area contributed by atoms with Crippen molar-refractivity contribution in [3.63, 3.8) is 0 Å². The van der Waals surface area contributed by atoms with Crippen LogP contribution in [-0.2, 0) is 25.6 Å². The molecule has 9 heteroatoms. The smallest absolute Gasteiger partial charge is 0.338 e. The van der Waals surface area contributed by atoms with E-state index in [9.17, 15) is 9.59 Å². The zero-order valence-corrected chi connectivity index (χ0v) is 20.8. The fraction of sp³-hybridized carbons (Fsp3) is 0.308. The van der Waals surface area contributed by atoms with Gasteiger partial charge in [0.1, 0.15) is 6.61 Å². The number of methoxy groups -OCH3 is 1. The second-order valence-electron chi connectivity index (χ2n) is 8.19. The molecule has 0 fully saturated rings. The maximum absolute atomic E-state index is 13.2. The van der Waals surface area contributed by atoms with Crippen LogP contribution < -0.4 is 5.32 Å². The molecule has 1 aromatic carbocycles. The Bertz CT molecular complexity index is 1190. The Balaban J connectivity index is 1.60. The summed E-state index contributed by atoms with van der Waals surface area (Å²) < 4.78 is 10.5. The lowest BCUT2D eigenvalue weighted by atomic mass is 9.91. The average molecular weight is 493 g/mol. The van der Waals surface area contributed by atoms with Crippen molar-refractivity contribution in [1.82, 2.24) is 15.2 Å². The van der Waals surface area contributed by atoms with E-state index in [0.29, 0.717) is 24.4 Å². The Morgan fingerprint density at radius 1 is 1.11 bits per heavy atom. The molecule has 1 unspecified atom stereocenters. The average Bonchev–Trinajstić information content (AvgIpc) is 3.25. The van der Waals surface area contributed by atoms with Crippen molar-refractivity contribution in [2.75, 3.05) is 20.3 Å². The Morgan fingerprint density at radius 3 is 2.63 bits per heavy atom. The molecule has 0 saturated heterocycles. The fourth-order valence-electron chi connectivity index (χ4n) is 4.04. The summed E-state index contributed by atoms with van der Waals surface area (Å²) in [4.78, 5) is 36.7. The van der Waals surface area contributed by atoms with E-state index < -0.39 is 12.0 Å². The number of ether oxygens (including phenoxy) is 2. The molecule has 0 bridgehead atoms. The van der Waals surface area contributed by atoms with Crippen molar-refractivity contribution in [2.45, 2.75) is 32.9 Å². The van der Waals surface area contributed by atoms with Crippen LogP contribution in [0, 0.1) is 6.92 Å². The van der Waals surface area contributed by atoms with Gasteiger partial charge >= 0.3 is 5.97 Å².